The van der Waals surface area contributed by atoms with E-state index in [1.807, 2.05) is 11.6 Å². The summed E-state index contributed by atoms with van der Waals surface area (Å²) in [5.41, 5.74) is 2.43. The number of nitrogens with one attached hydrogen (secondary N) is 1. The third-order valence-electron chi connectivity index (χ3n) is 4.83. The average Bonchev–Trinajstić information content (AvgIpc) is 3.29. The van der Waals surface area contributed by atoms with Crippen LogP contribution < -0.4 is 5.32 Å². The molecule has 8 nitrogen and oxygen atoms in total. The summed E-state index contributed by atoms with van der Waals surface area (Å²) in [6.45, 7) is 6.52. The number of aryl methyl sites for hydroxylation is 3. The number of nitrogens with zero attached hydrogens (tertiary/aromatic N) is 2. The van der Waals surface area contributed by atoms with E-state index in [1.54, 1.807) is 19.1 Å². The molecule has 2 aromatic heterocycles. The lowest BCUT2D eigenvalue weighted by atomic mass is 10.1. The molecule has 1 amide bonds. The van der Waals surface area contributed by atoms with Crippen molar-refractivity contribution < 1.29 is 23.5 Å². The molecular formula is C21H29N3O5. The van der Waals surface area contributed by atoms with Gasteiger partial charge >= 0.3 is 5.97 Å². The number of furan rings is 1. The number of carbonyl (C=O) groups is 2. The summed E-state index contributed by atoms with van der Waals surface area (Å²) < 4.78 is 18.1. The summed E-state index contributed by atoms with van der Waals surface area (Å²) in [6, 6.07) is 3.34. The lowest BCUT2D eigenvalue weighted by Crippen LogP contribution is -2.26. The Morgan fingerprint density at radius 2 is 2.14 bits per heavy atom. The minimum absolute atomic E-state index is 0.0652. The van der Waals surface area contributed by atoms with E-state index in [0.29, 0.717) is 50.5 Å². The fourth-order valence-electron chi connectivity index (χ4n) is 3.40. The van der Waals surface area contributed by atoms with Crippen LogP contribution in [0.1, 0.15) is 64.2 Å². The number of ether oxygens (including phenoxy) is 2. The summed E-state index contributed by atoms with van der Waals surface area (Å²) in [6.07, 6.45) is 3.65. The summed E-state index contributed by atoms with van der Waals surface area (Å²) in [5, 5.41) is 7.64. The van der Waals surface area contributed by atoms with Crippen LogP contribution in [-0.2, 0) is 28.9 Å². The van der Waals surface area contributed by atoms with Crippen LogP contribution in [0.4, 0.5) is 0 Å². The van der Waals surface area contributed by atoms with Gasteiger partial charge < -0.3 is 19.2 Å². The van der Waals surface area contributed by atoms with Gasteiger partial charge in [-0.1, -0.05) is 6.92 Å². The van der Waals surface area contributed by atoms with E-state index < -0.39 is 5.97 Å². The fraction of sp³-hybridized carbons (Fsp3) is 0.571. The Hall–Kier alpha value is -2.61. The fourth-order valence-corrected chi connectivity index (χ4v) is 3.40. The summed E-state index contributed by atoms with van der Waals surface area (Å²) in [7, 11) is 0. The van der Waals surface area contributed by atoms with Crippen LogP contribution in [0.25, 0.3) is 0 Å². The van der Waals surface area contributed by atoms with Gasteiger partial charge in [0.25, 0.3) is 5.91 Å². The minimum atomic E-state index is -0.469. The Kier molecular flexibility index (Phi) is 7.46. The molecule has 1 aliphatic heterocycles. The molecule has 29 heavy (non-hydrogen) atoms. The van der Waals surface area contributed by atoms with E-state index in [0.717, 1.165) is 30.7 Å². The quantitative estimate of drug-likeness (QED) is 0.589. The van der Waals surface area contributed by atoms with Crippen LogP contribution in [0.3, 0.4) is 0 Å². The Bertz CT molecular complexity index is 839. The zero-order valence-electron chi connectivity index (χ0n) is 17.2. The van der Waals surface area contributed by atoms with Gasteiger partial charge in [0.15, 0.2) is 0 Å². The second-order valence-electron chi connectivity index (χ2n) is 7.07. The molecule has 0 fully saturated rings. The predicted octanol–water partition coefficient (Wildman–Crippen LogP) is 2.68. The van der Waals surface area contributed by atoms with Crippen molar-refractivity contribution >= 4 is 11.9 Å². The van der Waals surface area contributed by atoms with Crippen molar-refractivity contribution in [1.29, 1.82) is 0 Å². The molecule has 0 atom stereocenters. The lowest BCUT2D eigenvalue weighted by Gasteiger charge is -2.10. The molecule has 158 valence electrons. The Morgan fingerprint density at radius 3 is 2.90 bits per heavy atom. The third kappa shape index (κ3) is 5.47. The first-order valence-corrected chi connectivity index (χ1v) is 10.3. The van der Waals surface area contributed by atoms with Gasteiger partial charge in [-0.05, 0) is 44.7 Å². The second-order valence-corrected chi connectivity index (χ2v) is 7.07. The molecule has 3 heterocycles. The second kappa shape index (κ2) is 10.2. The first kappa shape index (κ1) is 21.1. The van der Waals surface area contributed by atoms with Crippen LogP contribution in [0.2, 0.25) is 0 Å². The Labute approximate surface area is 170 Å². The molecule has 8 heteroatoms. The molecule has 0 bridgehead atoms. The number of fused-ring (bicyclic) bond motifs is 1. The highest BCUT2D eigenvalue weighted by Gasteiger charge is 2.23. The number of amides is 1. The molecule has 0 radical (unpaired) electrons. The van der Waals surface area contributed by atoms with Crippen molar-refractivity contribution in [2.75, 3.05) is 26.4 Å². The van der Waals surface area contributed by atoms with Crippen molar-refractivity contribution in [3.8, 4) is 0 Å². The van der Waals surface area contributed by atoms with Gasteiger partial charge in [0.1, 0.15) is 5.76 Å². The van der Waals surface area contributed by atoms with Gasteiger partial charge in [-0.15, -0.1) is 0 Å². The molecular weight excluding hydrogens is 374 g/mol. The van der Waals surface area contributed by atoms with Crippen LogP contribution in [-0.4, -0.2) is 48.0 Å². The van der Waals surface area contributed by atoms with Gasteiger partial charge in [-0.2, -0.15) is 5.10 Å². The Balaban J connectivity index is 1.65. The number of hydrogen-bond donors (Lipinski definition) is 1. The highest BCUT2D eigenvalue weighted by atomic mass is 16.5. The molecule has 0 saturated carbocycles. The monoisotopic (exact) mass is 403 g/mol. The van der Waals surface area contributed by atoms with Crippen molar-refractivity contribution in [2.45, 2.75) is 52.5 Å². The largest absolute Gasteiger partial charge is 0.460 e. The predicted molar refractivity (Wildman–Crippen MR) is 106 cm³/mol. The van der Waals surface area contributed by atoms with E-state index in [1.165, 1.54) is 0 Å². The summed E-state index contributed by atoms with van der Waals surface area (Å²) >= 11 is 0. The highest BCUT2D eigenvalue weighted by Crippen LogP contribution is 2.19. The maximum absolute atomic E-state index is 12.7. The summed E-state index contributed by atoms with van der Waals surface area (Å²) in [4.78, 5) is 24.7. The highest BCUT2D eigenvalue weighted by molar-refractivity contribution is 5.96. The first-order valence-electron chi connectivity index (χ1n) is 10.3. The summed E-state index contributed by atoms with van der Waals surface area (Å²) in [5.74, 6) is 0.345. The van der Waals surface area contributed by atoms with Crippen molar-refractivity contribution in [1.82, 2.24) is 15.1 Å². The minimum Gasteiger partial charge on any atom is -0.460 e. The maximum Gasteiger partial charge on any atom is 0.374 e. The molecule has 0 saturated heterocycles. The molecule has 1 N–H and O–H groups in total. The van der Waals surface area contributed by atoms with E-state index in [9.17, 15) is 9.59 Å². The van der Waals surface area contributed by atoms with Crippen LogP contribution >= 0.6 is 0 Å². The molecule has 0 aliphatic carbocycles. The van der Waals surface area contributed by atoms with Crippen LogP contribution in [0.5, 0.6) is 0 Å². The third-order valence-corrected chi connectivity index (χ3v) is 4.83. The zero-order valence-corrected chi connectivity index (χ0v) is 17.2. The normalized spacial score (nSPS) is 15.3. The molecule has 0 unspecified atom stereocenters. The number of carbonyl (C=O) groups excluding carboxylic acids is 2. The number of aromatic nitrogens is 2. The molecule has 0 aromatic carbocycles. The van der Waals surface area contributed by atoms with Crippen LogP contribution in [0, 0.1) is 6.92 Å². The average molecular weight is 403 g/mol. The van der Waals surface area contributed by atoms with E-state index >= 15 is 0 Å². The van der Waals surface area contributed by atoms with Crippen LogP contribution in [0.15, 0.2) is 16.5 Å². The first-order chi connectivity index (χ1) is 14.1. The van der Waals surface area contributed by atoms with Crippen molar-refractivity contribution in [3.05, 3.63) is 40.6 Å². The Morgan fingerprint density at radius 1 is 1.31 bits per heavy atom. The molecule has 0 spiro atoms. The SMILES string of the molecule is CCc1nn(CCCOC(=O)c2ccc(C)o2)c2c1C(=O)NCCCOCCC2. The molecule has 1 aliphatic rings. The van der Waals surface area contributed by atoms with Gasteiger partial charge in [0.05, 0.1) is 23.6 Å². The maximum atomic E-state index is 12.7. The topological polar surface area (TPSA) is 95.6 Å². The van der Waals surface area contributed by atoms with Gasteiger partial charge in [-0.25, -0.2) is 4.79 Å². The van der Waals surface area contributed by atoms with E-state index in [-0.39, 0.29) is 18.3 Å². The zero-order chi connectivity index (χ0) is 20.6. The number of hydrogen-bond acceptors (Lipinski definition) is 6. The van der Waals surface area contributed by atoms with Crippen molar-refractivity contribution in [2.24, 2.45) is 0 Å². The standard InChI is InChI=1S/C21H29N3O5/c1-3-16-19-17(7-4-12-27-13-5-10-22-20(19)25)24(23-16)11-6-14-28-21(26)18-9-8-15(2)29-18/h8-9H,3-7,10-14H2,1-2H3,(H,22,25). The number of esters is 1. The van der Waals surface area contributed by atoms with Crippen molar-refractivity contribution in [3.63, 3.8) is 0 Å². The number of rotatable bonds is 6. The molecule has 3 rings (SSSR count). The van der Waals surface area contributed by atoms with Gasteiger partial charge in [-0.3, -0.25) is 9.48 Å². The lowest BCUT2D eigenvalue weighted by molar-refractivity contribution is 0.0457. The van der Waals surface area contributed by atoms with Gasteiger partial charge in [0.2, 0.25) is 5.76 Å². The molecule has 2 aromatic rings. The van der Waals surface area contributed by atoms with E-state index in [4.69, 9.17) is 13.9 Å². The van der Waals surface area contributed by atoms with E-state index in [2.05, 4.69) is 10.4 Å². The smallest absolute Gasteiger partial charge is 0.374 e. The van der Waals surface area contributed by atoms with Gasteiger partial charge in [0, 0.05) is 32.7 Å².